The van der Waals surface area contributed by atoms with Crippen molar-refractivity contribution < 1.29 is 9.13 Å². The second-order valence-electron chi connectivity index (χ2n) is 4.74. The van der Waals surface area contributed by atoms with Crippen molar-refractivity contribution in [3.63, 3.8) is 0 Å². The molecule has 0 spiro atoms. The predicted octanol–water partition coefficient (Wildman–Crippen LogP) is 2.92. The fraction of sp³-hybridized carbons (Fsp3) is 0.500. The Morgan fingerprint density at radius 1 is 1.44 bits per heavy atom. The molecule has 0 aliphatic heterocycles. The number of nitrogens with two attached hydrogens (primary N) is 1. The van der Waals surface area contributed by atoms with E-state index in [1.54, 1.807) is 13.0 Å². The van der Waals surface area contributed by atoms with Gasteiger partial charge in [-0.1, -0.05) is 0 Å². The monoisotopic (exact) mass is 250 g/mol. The highest BCUT2D eigenvalue weighted by atomic mass is 19.1. The fourth-order valence-electron chi connectivity index (χ4n) is 1.61. The van der Waals surface area contributed by atoms with E-state index < -0.39 is 5.54 Å². The van der Waals surface area contributed by atoms with Gasteiger partial charge in [0.25, 0.3) is 0 Å². The van der Waals surface area contributed by atoms with Crippen LogP contribution in [0.25, 0.3) is 0 Å². The molecule has 0 radical (unpaired) electrons. The van der Waals surface area contributed by atoms with Crippen LogP contribution in [0, 0.1) is 24.1 Å². The van der Waals surface area contributed by atoms with Gasteiger partial charge in [0.15, 0.2) is 0 Å². The molecule has 98 valence electrons. The number of rotatable bonds is 6. The smallest absolute Gasteiger partial charge is 0.123 e. The first kappa shape index (κ1) is 14.5. The Bertz CT molecular complexity index is 438. The summed E-state index contributed by atoms with van der Waals surface area (Å²) in [6.45, 7) is 4.08. The molecule has 4 heteroatoms. The van der Waals surface area contributed by atoms with Crippen molar-refractivity contribution in [3.8, 4) is 11.8 Å². The SMILES string of the molecule is Cc1cc(F)ccc1OCCCCC(C)(N)C#N. The summed E-state index contributed by atoms with van der Waals surface area (Å²) in [6.07, 6.45) is 2.31. The van der Waals surface area contributed by atoms with Gasteiger partial charge in [0.2, 0.25) is 0 Å². The summed E-state index contributed by atoms with van der Waals surface area (Å²) in [4.78, 5) is 0. The van der Waals surface area contributed by atoms with Crippen molar-refractivity contribution in [2.24, 2.45) is 5.73 Å². The largest absolute Gasteiger partial charge is 0.493 e. The summed E-state index contributed by atoms with van der Waals surface area (Å²) >= 11 is 0. The van der Waals surface area contributed by atoms with Gasteiger partial charge in [-0.3, -0.25) is 0 Å². The summed E-state index contributed by atoms with van der Waals surface area (Å²) in [7, 11) is 0. The van der Waals surface area contributed by atoms with E-state index in [0.29, 0.717) is 18.8 Å². The van der Waals surface area contributed by atoms with E-state index in [9.17, 15) is 4.39 Å². The molecule has 0 fully saturated rings. The first-order valence-electron chi connectivity index (χ1n) is 6.04. The van der Waals surface area contributed by atoms with Gasteiger partial charge < -0.3 is 10.5 Å². The van der Waals surface area contributed by atoms with Gasteiger partial charge in [-0.25, -0.2) is 4.39 Å². The molecule has 18 heavy (non-hydrogen) atoms. The number of ether oxygens (including phenoxy) is 1. The maximum Gasteiger partial charge on any atom is 0.123 e. The molecule has 0 amide bonds. The van der Waals surface area contributed by atoms with Crippen molar-refractivity contribution in [1.29, 1.82) is 5.26 Å². The van der Waals surface area contributed by atoms with Crippen LogP contribution in [0.4, 0.5) is 4.39 Å². The lowest BCUT2D eigenvalue weighted by Gasteiger charge is -2.15. The van der Waals surface area contributed by atoms with Gasteiger partial charge in [0.1, 0.15) is 17.1 Å². The number of unbranched alkanes of at least 4 members (excludes halogenated alkanes) is 1. The Hall–Kier alpha value is -1.60. The van der Waals surface area contributed by atoms with Crippen LogP contribution in [-0.2, 0) is 0 Å². The Morgan fingerprint density at radius 2 is 2.17 bits per heavy atom. The summed E-state index contributed by atoms with van der Waals surface area (Å²) in [5, 5.41) is 8.75. The molecule has 0 heterocycles. The van der Waals surface area contributed by atoms with Gasteiger partial charge in [-0.15, -0.1) is 0 Å². The number of nitriles is 1. The Labute approximate surface area is 107 Å². The van der Waals surface area contributed by atoms with E-state index in [2.05, 4.69) is 6.07 Å². The summed E-state index contributed by atoms with van der Waals surface area (Å²) < 4.78 is 18.4. The molecule has 0 saturated heterocycles. The second kappa shape index (κ2) is 6.36. The van der Waals surface area contributed by atoms with Crippen LogP contribution in [0.1, 0.15) is 31.7 Å². The molecule has 1 aromatic rings. The number of nitrogens with zero attached hydrogens (tertiary/aromatic N) is 1. The van der Waals surface area contributed by atoms with Gasteiger partial charge in [0.05, 0.1) is 12.7 Å². The number of hydrogen-bond acceptors (Lipinski definition) is 3. The molecule has 0 bridgehead atoms. The van der Waals surface area contributed by atoms with Gasteiger partial charge in [0, 0.05) is 0 Å². The topological polar surface area (TPSA) is 59.0 Å². The van der Waals surface area contributed by atoms with Crippen molar-refractivity contribution in [1.82, 2.24) is 0 Å². The van der Waals surface area contributed by atoms with Crippen LogP contribution in [0.3, 0.4) is 0 Å². The quantitative estimate of drug-likeness (QED) is 0.790. The lowest BCUT2D eigenvalue weighted by Crippen LogP contribution is -2.33. The van der Waals surface area contributed by atoms with Gasteiger partial charge >= 0.3 is 0 Å². The third-order valence-electron chi connectivity index (χ3n) is 2.74. The van der Waals surface area contributed by atoms with Gasteiger partial charge in [-0.05, 0) is 56.9 Å². The molecular formula is C14H19FN2O. The lowest BCUT2D eigenvalue weighted by molar-refractivity contribution is 0.298. The predicted molar refractivity (Wildman–Crippen MR) is 68.7 cm³/mol. The molecule has 3 nitrogen and oxygen atoms in total. The number of halogens is 1. The van der Waals surface area contributed by atoms with Gasteiger partial charge in [-0.2, -0.15) is 5.26 Å². The maximum atomic E-state index is 12.9. The third kappa shape index (κ3) is 4.72. The van der Waals surface area contributed by atoms with Crippen LogP contribution < -0.4 is 10.5 Å². The van der Waals surface area contributed by atoms with E-state index in [0.717, 1.165) is 18.4 Å². The summed E-state index contributed by atoms with van der Waals surface area (Å²) in [5.41, 5.74) is 5.74. The van der Waals surface area contributed by atoms with Crippen LogP contribution in [-0.4, -0.2) is 12.1 Å². The molecule has 0 saturated carbocycles. The molecular weight excluding hydrogens is 231 g/mol. The van der Waals surface area contributed by atoms with E-state index in [4.69, 9.17) is 15.7 Å². The zero-order chi connectivity index (χ0) is 13.6. The zero-order valence-corrected chi connectivity index (χ0v) is 10.9. The number of benzene rings is 1. The molecule has 2 N–H and O–H groups in total. The first-order valence-corrected chi connectivity index (χ1v) is 6.04. The minimum absolute atomic E-state index is 0.257. The molecule has 1 rings (SSSR count). The molecule has 0 aromatic heterocycles. The van der Waals surface area contributed by atoms with E-state index in [1.165, 1.54) is 12.1 Å². The molecule has 1 atom stereocenters. The highest BCUT2D eigenvalue weighted by Gasteiger charge is 2.15. The minimum atomic E-state index is -0.758. The molecule has 1 unspecified atom stereocenters. The van der Waals surface area contributed by atoms with Crippen molar-refractivity contribution in [3.05, 3.63) is 29.6 Å². The molecule has 0 aliphatic carbocycles. The molecule has 1 aromatic carbocycles. The average molecular weight is 250 g/mol. The lowest BCUT2D eigenvalue weighted by atomic mass is 9.98. The van der Waals surface area contributed by atoms with E-state index in [1.807, 2.05) is 6.92 Å². The Balaban J connectivity index is 2.29. The minimum Gasteiger partial charge on any atom is -0.493 e. The van der Waals surface area contributed by atoms with E-state index >= 15 is 0 Å². The summed E-state index contributed by atoms with van der Waals surface area (Å²) in [5.74, 6) is 0.444. The van der Waals surface area contributed by atoms with Crippen LogP contribution in [0.5, 0.6) is 5.75 Å². The van der Waals surface area contributed by atoms with Crippen molar-refractivity contribution in [2.45, 2.75) is 38.6 Å². The Kier molecular flexibility index (Phi) is 5.11. The third-order valence-corrected chi connectivity index (χ3v) is 2.74. The second-order valence-corrected chi connectivity index (χ2v) is 4.74. The average Bonchev–Trinajstić information content (AvgIpc) is 2.31. The zero-order valence-electron chi connectivity index (χ0n) is 10.9. The highest BCUT2D eigenvalue weighted by molar-refractivity contribution is 5.32. The van der Waals surface area contributed by atoms with E-state index in [-0.39, 0.29) is 5.82 Å². The van der Waals surface area contributed by atoms with Crippen molar-refractivity contribution in [2.75, 3.05) is 6.61 Å². The van der Waals surface area contributed by atoms with Crippen LogP contribution in [0.15, 0.2) is 18.2 Å². The maximum absolute atomic E-state index is 12.9. The Morgan fingerprint density at radius 3 is 2.78 bits per heavy atom. The standard InChI is InChI=1S/C14H19FN2O/c1-11-9-12(15)5-6-13(11)18-8-4-3-7-14(2,17)10-16/h5-6,9H,3-4,7-8,17H2,1-2H3. The summed E-state index contributed by atoms with van der Waals surface area (Å²) in [6, 6.07) is 6.52. The first-order chi connectivity index (χ1) is 8.44. The fourth-order valence-corrected chi connectivity index (χ4v) is 1.61. The molecule has 0 aliphatic rings. The highest BCUT2D eigenvalue weighted by Crippen LogP contribution is 2.19. The van der Waals surface area contributed by atoms with Crippen LogP contribution >= 0.6 is 0 Å². The number of aryl methyl sites for hydroxylation is 1. The number of hydrogen-bond donors (Lipinski definition) is 1. The normalized spacial score (nSPS) is 13.7. The van der Waals surface area contributed by atoms with Crippen molar-refractivity contribution >= 4 is 0 Å². The van der Waals surface area contributed by atoms with Crippen LogP contribution in [0.2, 0.25) is 0 Å².